The third-order valence-corrected chi connectivity index (χ3v) is 2.77. The minimum atomic E-state index is -4.10. The molecule has 0 radical (unpaired) electrons. The normalized spacial score (nSPS) is 16.5. The van der Waals surface area contributed by atoms with Crippen LogP contribution in [0.1, 0.15) is 19.8 Å². The van der Waals surface area contributed by atoms with E-state index in [-0.39, 0.29) is 13.2 Å². The van der Waals surface area contributed by atoms with Gasteiger partial charge >= 0.3 is 6.18 Å². The number of hydrogen-bond acceptors (Lipinski definition) is 3. The number of aliphatic hydroxyl groups excluding tert-OH is 1. The summed E-state index contributed by atoms with van der Waals surface area (Å²) in [5, 5.41) is 12.1. The lowest BCUT2D eigenvalue weighted by Crippen LogP contribution is -2.45. The molecule has 0 aliphatic rings. The molecule has 0 amide bonds. The lowest BCUT2D eigenvalue weighted by atomic mass is 9.99. The van der Waals surface area contributed by atoms with E-state index in [0.717, 1.165) is 0 Å². The van der Waals surface area contributed by atoms with Crippen molar-refractivity contribution >= 4 is 0 Å². The Labute approximate surface area is 94.6 Å². The third kappa shape index (κ3) is 7.03. The van der Waals surface area contributed by atoms with Gasteiger partial charge in [0.25, 0.3) is 0 Å². The highest BCUT2D eigenvalue weighted by atomic mass is 19.4. The monoisotopic (exact) mass is 242 g/mol. The maximum atomic E-state index is 11.9. The Hall–Kier alpha value is -0.330. The molecule has 0 saturated carbocycles. The molecule has 0 aliphatic heterocycles. The van der Waals surface area contributed by atoms with E-state index in [9.17, 15) is 13.2 Å². The van der Waals surface area contributed by atoms with Gasteiger partial charge in [-0.2, -0.15) is 13.2 Å². The average Bonchev–Trinajstić information content (AvgIpc) is 2.22. The molecule has 0 spiro atoms. The second kappa shape index (κ2) is 6.42. The van der Waals surface area contributed by atoms with Crippen molar-refractivity contribution in [3.8, 4) is 0 Å². The number of alkyl halides is 3. The smallest absolute Gasteiger partial charge is 0.390 e. The van der Waals surface area contributed by atoms with Crippen molar-refractivity contribution in [1.82, 2.24) is 10.2 Å². The first kappa shape index (κ1) is 15.7. The summed E-state index contributed by atoms with van der Waals surface area (Å²) in [7, 11) is 3.38. The fraction of sp³-hybridized carbons (Fsp3) is 1.00. The van der Waals surface area contributed by atoms with Crippen LogP contribution in [0.15, 0.2) is 0 Å². The molecule has 1 unspecified atom stereocenters. The number of rotatable bonds is 7. The van der Waals surface area contributed by atoms with Gasteiger partial charge in [-0.15, -0.1) is 0 Å². The fourth-order valence-electron chi connectivity index (χ4n) is 1.15. The standard InChI is InChI=1S/C10H21F3N2O/c1-9(8-16,14-2)4-6-15(3)7-5-10(11,12)13/h14,16H,4-8H2,1-3H3. The van der Waals surface area contributed by atoms with Gasteiger partial charge in [0.1, 0.15) is 0 Å². The van der Waals surface area contributed by atoms with Crippen LogP contribution in [0.3, 0.4) is 0 Å². The summed E-state index contributed by atoms with van der Waals surface area (Å²) in [6.07, 6.45) is -4.29. The second-order valence-corrected chi connectivity index (χ2v) is 4.39. The first-order valence-corrected chi connectivity index (χ1v) is 5.27. The molecule has 3 nitrogen and oxygen atoms in total. The maximum Gasteiger partial charge on any atom is 0.390 e. The summed E-state index contributed by atoms with van der Waals surface area (Å²) in [5.41, 5.74) is -0.424. The molecular formula is C10H21F3N2O. The molecule has 2 N–H and O–H groups in total. The largest absolute Gasteiger partial charge is 0.394 e. The van der Waals surface area contributed by atoms with Crippen molar-refractivity contribution in [3.63, 3.8) is 0 Å². The highest BCUT2D eigenvalue weighted by molar-refractivity contribution is 4.81. The van der Waals surface area contributed by atoms with Gasteiger partial charge in [-0.05, 0) is 34.0 Å². The topological polar surface area (TPSA) is 35.5 Å². The van der Waals surface area contributed by atoms with Crippen LogP contribution < -0.4 is 5.32 Å². The molecule has 0 fully saturated rings. The second-order valence-electron chi connectivity index (χ2n) is 4.39. The number of hydrogen-bond donors (Lipinski definition) is 2. The van der Waals surface area contributed by atoms with Gasteiger partial charge in [-0.25, -0.2) is 0 Å². The summed E-state index contributed by atoms with van der Waals surface area (Å²) in [6, 6.07) is 0. The van der Waals surface area contributed by atoms with Crippen LogP contribution in [-0.4, -0.2) is 55.5 Å². The molecule has 0 aliphatic carbocycles. The summed E-state index contributed by atoms with van der Waals surface area (Å²) in [4.78, 5) is 1.62. The predicted molar refractivity (Wildman–Crippen MR) is 57.3 cm³/mol. The molecule has 0 aromatic rings. The molecule has 0 rings (SSSR count). The molecule has 0 aromatic carbocycles. The molecular weight excluding hydrogens is 221 g/mol. The number of nitrogens with zero attached hydrogens (tertiary/aromatic N) is 1. The van der Waals surface area contributed by atoms with Gasteiger partial charge in [0, 0.05) is 12.1 Å². The Kier molecular flexibility index (Phi) is 6.28. The fourth-order valence-corrected chi connectivity index (χ4v) is 1.15. The molecule has 6 heteroatoms. The van der Waals surface area contributed by atoms with E-state index in [1.165, 1.54) is 0 Å². The van der Waals surface area contributed by atoms with Crippen LogP contribution in [0.2, 0.25) is 0 Å². The highest BCUT2D eigenvalue weighted by Crippen LogP contribution is 2.19. The number of likely N-dealkylation sites (N-methyl/N-ethyl adjacent to an activating group) is 1. The van der Waals surface area contributed by atoms with Crippen molar-refractivity contribution in [3.05, 3.63) is 0 Å². The summed E-state index contributed by atoms with van der Waals surface area (Å²) in [6.45, 7) is 2.32. The van der Waals surface area contributed by atoms with Crippen LogP contribution in [0.4, 0.5) is 13.2 Å². The van der Waals surface area contributed by atoms with E-state index >= 15 is 0 Å². The Morgan fingerprint density at radius 1 is 1.19 bits per heavy atom. The van der Waals surface area contributed by atoms with Crippen molar-refractivity contribution in [2.45, 2.75) is 31.5 Å². The Balaban J connectivity index is 3.85. The highest BCUT2D eigenvalue weighted by Gasteiger charge is 2.27. The maximum absolute atomic E-state index is 11.9. The molecule has 0 aromatic heterocycles. The van der Waals surface area contributed by atoms with E-state index in [1.54, 1.807) is 19.0 Å². The number of halogens is 3. The van der Waals surface area contributed by atoms with Gasteiger partial charge in [0.15, 0.2) is 0 Å². The molecule has 98 valence electrons. The van der Waals surface area contributed by atoms with Crippen LogP contribution in [0, 0.1) is 0 Å². The van der Waals surface area contributed by atoms with Crippen LogP contribution in [-0.2, 0) is 0 Å². The zero-order valence-electron chi connectivity index (χ0n) is 10.1. The number of nitrogens with one attached hydrogen (secondary N) is 1. The van der Waals surface area contributed by atoms with Gasteiger partial charge in [-0.1, -0.05) is 0 Å². The minimum Gasteiger partial charge on any atom is -0.394 e. The van der Waals surface area contributed by atoms with E-state index in [1.807, 2.05) is 6.92 Å². The molecule has 16 heavy (non-hydrogen) atoms. The van der Waals surface area contributed by atoms with Crippen LogP contribution in [0.5, 0.6) is 0 Å². The quantitative estimate of drug-likeness (QED) is 0.705. The van der Waals surface area contributed by atoms with Gasteiger partial charge < -0.3 is 15.3 Å². The first-order chi connectivity index (χ1) is 7.22. The van der Waals surface area contributed by atoms with E-state index < -0.39 is 18.1 Å². The van der Waals surface area contributed by atoms with Gasteiger partial charge in [0.05, 0.1) is 13.0 Å². The number of aliphatic hydroxyl groups is 1. The van der Waals surface area contributed by atoms with Crippen molar-refractivity contribution in [2.75, 3.05) is 33.8 Å². The Bertz CT molecular complexity index is 193. The summed E-state index contributed by atoms with van der Waals surface area (Å²) >= 11 is 0. The minimum absolute atomic E-state index is 0.00524. The Morgan fingerprint density at radius 2 is 1.69 bits per heavy atom. The van der Waals surface area contributed by atoms with E-state index in [0.29, 0.717) is 13.0 Å². The Morgan fingerprint density at radius 3 is 2.06 bits per heavy atom. The summed E-state index contributed by atoms with van der Waals surface area (Å²) in [5.74, 6) is 0. The zero-order valence-corrected chi connectivity index (χ0v) is 10.1. The van der Waals surface area contributed by atoms with E-state index in [4.69, 9.17) is 5.11 Å². The summed E-state index contributed by atoms with van der Waals surface area (Å²) < 4.78 is 35.8. The molecule has 1 atom stereocenters. The first-order valence-electron chi connectivity index (χ1n) is 5.27. The molecule has 0 heterocycles. The van der Waals surface area contributed by atoms with Crippen LogP contribution in [0.25, 0.3) is 0 Å². The van der Waals surface area contributed by atoms with Gasteiger partial charge in [-0.3, -0.25) is 0 Å². The van der Waals surface area contributed by atoms with Crippen molar-refractivity contribution in [1.29, 1.82) is 0 Å². The zero-order chi connectivity index (χ0) is 12.8. The molecule has 0 bridgehead atoms. The van der Waals surface area contributed by atoms with Crippen LogP contribution >= 0.6 is 0 Å². The third-order valence-electron chi connectivity index (χ3n) is 2.77. The molecule has 0 saturated heterocycles. The lowest BCUT2D eigenvalue weighted by Gasteiger charge is -2.29. The van der Waals surface area contributed by atoms with Crippen molar-refractivity contribution < 1.29 is 18.3 Å². The van der Waals surface area contributed by atoms with E-state index in [2.05, 4.69) is 5.32 Å². The predicted octanol–water partition coefficient (Wildman–Crippen LogP) is 1.23. The lowest BCUT2D eigenvalue weighted by molar-refractivity contribution is -0.137. The van der Waals surface area contributed by atoms with Crippen molar-refractivity contribution in [2.24, 2.45) is 0 Å². The van der Waals surface area contributed by atoms with Gasteiger partial charge in [0.2, 0.25) is 0 Å². The SMILES string of the molecule is CNC(C)(CO)CCN(C)CCC(F)(F)F. The average molecular weight is 242 g/mol.